The molecule has 2 rings (SSSR count). The van der Waals surface area contributed by atoms with Gasteiger partial charge >= 0.3 is 6.03 Å². The highest BCUT2D eigenvalue weighted by atomic mass is 32.2. The second-order valence-corrected chi connectivity index (χ2v) is 5.96. The van der Waals surface area contributed by atoms with Crippen molar-refractivity contribution in [3.63, 3.8) is 0 Å². The number of urea groups is 1. The molecule has 0 fully saturated rings. The van der Waals surface area contributed by atoms with E-state index >= 15 is 0 Å². The largest absolute Gasteiger partial charge is 0.330 e. The fourth-order valence-electron chi connectivity index (χ4n) is 2.20. The molecule has 0 saturated heterocycles. The van der Waals surface area contributed by atoms with Crippen LogP contribution in [0, 0.1) is 11.3 Å². The van der Waals surface area contributed by atoms with Crippen molar-refractivity contribution in [2.75, 3.05) is 17.3 Å². The van der Waals surface area contributed by atoms with Gasteiger partial charge in [-0.2, -0.15) is 17.0 Å². The number of hydrogen-bond donors (Lipinski definition) is 2. The van der Waals surface area contributed by atoms with E-state index < -0.39 is 0 Å². The number of thioether (sulfide) groups is 1. The first-order valence-corrected chi connectivity index (χ1v) is 8.69. The van der Waals surface area contributed by atoms with Crippen molar-refractivity contribution in [3.05, 3.63) is 65.7 Å². The number of hydrogen-bond acceptors (Lipinski definition) is 3. The van der Waals surface area contributed by atoms with Crippen LogP contribution in [0.2, 0.25) is 0 Å². The van der Waals surface area contributed by atoms with Gasteiger partial charge in [0.2, 0.25) is 0 Å². The first-order chi connectivity index (χ1) is 11.2. The van der Waals surface area contributed by atoms with E-state index in [1.165, 1.54) is 0 Å². The Hall–Kier alpha value is -2.45. The van der Waals surface area contributed by atoms with Crippen LogP contribution in [0.3, 0.4) is 0 Å². The standard InChI is InChI=1S/C18H19N3OS/c1-23-13-17(15-5-3-2-4-6-15)21-18(22)20-16-9-7-14(8-10-16)11-12-19/h2-10,17H,11,13H2,1H3,(H2,20,21,22)/t17-/m1/s1. The number of nitriles is 1. The minimum Gasteiger partial charge on any atom is -0.330 e. The number of nitrogens with one attached hydrogen (secondary N) is 2. The van der Waals surface area contributed by atoms with E-state index in [4.69, 9.17) is 5.26 Å². The average molecular weight is 325 g/mol. The number of carbonyl (C=O) groups excluding carboxylic acids is 1. The van der Waals surface area contributed by atoms with Gasteiger partial charge in [0.15, 0.2) is 0 Å². The predicted octanol–water partition coefficient (Wildman–Crippen LogP) is 3.98. The van der Waals surface area contributed by atoms with Crippen molar-refractivity contribution in [3.8, 4) is 6.07 Å². The maximum atomic E-state index is 12.2. The van der Waals surface area contributed by atoms with Gasteiger partial charge in [-0.3, -0.25) is 0 Å². The van der Waals surface area contributed by atoms with Crippen LogP contribution in [0.1, 0.15) is 17.2 Å². The summed E-state index contributed by atoms with van der Waals surface area (Å²) in [5, 5.41) is 14.5. The lowest BCUT2D eigenvalue weighted by molar-refractivity contribution is 0.249. The van der Waals surface area contributed by atoms with E-state index in [2.05, 4.69) is 16.7 Å². The van der Waals surface area contributed by atoms with Gasteiger partial charge in [-0.05, 0) is 29.5 Å². The molecule has 0 unspecified atom stereocenters. The van der Waals surface area contributed by atoms with Crippen LogP contribution in [0.25, 0.3) is 0 Å². The molecule has 2 N–H and O–H groups in total. The van der Waals surface area contributed by atoms with Gasteiger partial charge in [-0.15, -0.1) is 0 Å². The van der Waals surface area contributed by atoms with Crippen molar-refractivity contribution in [1.29, 1.82) is 5.26 Å². The summed E-state index contributed by atoms with van der Waals surface area (Å²) in [5.74, 6) is 0.804. The molecule has 5 heteroatoms. The molecule has 23 heavy (non-hydrogen) atoms. The molecule has 1 atom stereocenters. The third-order valence-corrected chi connectivity index (χ3v) is 4.00. The zero-order valence-corrected chi connectivity index (χ0v) is 13.8. The van der Waals surface area contributed by atoms with Gasteiger partial charge in [-0.25, -0.2) is 4.79 Å². The molecule has 2 aromatic carbocycles. The van der Waals surface area contributed by atoms with E-state index in [1.807, 2.05) is 48.7 Å². The molecule has 0 aliphatic carbocycles. The van der Waals surface area contributed by atoms with Crippen LogP contribution in [0.15, 0.2) is 54.6 Å². The third kappa shape index (κ3) is 5.35. The van der Waals surface area contributed by atoms with E-state index in [-0.39, 0.29) is 12.1 Å². The molecular formula is C18H19N3OS. The first-order valence-electron chi connectivity index (χ1n) is 7.30. The Balaban J connectivity index is 1.98. The minimum absolute atomic E-state index is 0.0379. The molecule has 0 radical (unpaired) electrons. The maximum Gasteiger partial charge on any atom is 0.319 e. The Morgan fingerprint density at radius 1 is 1.17 bits per heavy atom. The van der Waals surface area contributed by atoms with Crippen molar-refractivity contribution in [1.82, 2.24) is 5.32 Å². The van der Waals surface area contributed by atoms with Crippen LogP contribution in [0.4, 0.5) is 10.5 Å². The second kappa shape index (κ2) is 8.86. The molecule has 0 heterocycles. The summed E-state index contributed by atoms with van der Waals surface area (Å²) >= 11 is 1.69. The van der Waals surface area contributed by atoms with Gasteiger partial charge in [-0.1, -0.05) is 42.5 Å². The Labute approximate surface area is 140 Å². The van der Waals surface area contributed by atoms with Crippen molar-refractivity contribution < 1.29 is 4.79 Å². The van der Waals surface area contributed by atoms with E-state index in [1.54, 1.807) is 23.9 Å². The van der Waals surface area contributed by atoms with Crippen LogP contribution in [-0.4, -0.2) is 18.0 Å². The normalized spacial score (nSPS) is 11.3. The van der Waals surface area contributed by atoms with Crippen LogP contribution in [0.5, 0.6) is 0 Å². The van der Waals surface area contributed by atoms with Crippen LogP contribution < -0.4 is 10.6 Å². The Bertz CT molecular complexity index is 665. The number of benzene rings is 2. The molecule has 0 spiro atoms. The van der Waals surface area contributed by atoms with E-state index in [0.29, 0.717) is 12.1 Å². The summed E-state index contributed by atoms with van der Waals surface area (Å²) in [6.45, 7) is 0. The van der Waals surface area contributed by atoms with Crippen molar-refractivity contribution in [2.45, 2.75) is 12.5 Å². The molecule has 0 aliphatic rings. The fraction of sp³-hybridized carbons (Fsp3) is 0.222. The lowest BCUT2D eigenvalue weighted by atomic mass is 10.1. The van der Waals surface area contributed by atoms with E-state index in [9.17, 15) is 4.79 Å². The molecule has 118 valence electrons. The highest BCUT2D eigenvalue weighted by Gasteiger charge is 2.13. The van der Waals surface area contributed by atoms with Crippen molar-refractivity contribution in [2.24, 2.45) is 0 Å². The van der Waals surface area contributed by atoms with Gasteiger partial charge < -0.3 is 10.6 Å². The molecule has 2 amide bonds. The third-order valence-electron chi connectivity index (χ3n) is 3.34. The lowest BCUT2D eigenvalue weighted by Crippen LogP contribution is -2.33. The predicted molar refractivity (Wildman–Crippen MR) is 95.5 cm³/mol. The Morgan fingerprint density at radius 2 is 1.87 bits per heavy atom. The average Bonchev–Trinajstić information content (AvgIpc) is 2.57. The van der Waals surface area contributed by atoms with E-state index in [0.717, 1.165) is 16.9 Å². The first kappa shape index (κ1) is 16.9. The monoisotopic (exact) mass is 325 g/mol. The quantitative estimate of drug-likeness (QED) is 0.844. The Kier molecular flexibility index (Phi) is 6.52. The second-order valence-electron chi connectivity index (χ2n) is 5.05. The summed E-state index contributed by atoms with van der Waals surface area (Å²) in [5.41, 5.74) is 2.73. The summed E-state index contributed by atoms with van der Waals surface area (Å²) in [6, 6.07) is 19.0. The zero-order valence-electron chi connectivity index (χ0n) is 13.0. The van der Waals surface area contributed by atoms with Gasteiger partial charge in [0.1, 0.15) is 0 Å². The maximum absolute atomic E-state index is 12.2. The number of anilines is 1. The van der Waals surface area contributed by atoms with Crippen LogP contribution >= 0.6 is 11.8 Å². The van der Waals surface area contributed by atoms with Gasteiger partial charge in [0, 0.05) is 11.4 Å². The molecule has 0 saturated carbocycles. The molecule has 4 nitrogen and oxygen atoms in total. The van der Waals surface area contributed by atoms with Crippen LogP contribution in [-0.2, 0) is 6.42 Å². The topological polar surface area (TPSA) is 64.9 Å². The van der Waals surface area contributed by atoms with Gasteiger partial charge in [0.25, 0.3) is 0 Å². The molecule has 0 bridgehead atoms. The summed E-state index contributed by atoms with van der Waals surface area (Å²) in [6.07, 6.45) is 2.39. The minimum atomic E-state index is -0.235. The molecular weight excluding hydrogens is 306 g/mol. The zero-order chi connectivity index (χ0) is 16.5. The lowest BCUT2D eigenvalue weighted by Gasteiger charge is -2.18. The SMILES string of the molecule is CSC[C@@H](NC(=O)Nc1ccc(CC#N)cc1)c1ccccc1. The fourth-order valence-corrected chi connectivity index (χ4v) is 2.80. The smallest absolute Gasteiger partial charge is 0.319 e. The number of nitrogens with zero attached hydrogens (tertiary/aromatic N) is 1. The number of amides is 2. The molecule has 0 aromatic heterocycles. The number of carbonyl (C=O) groups is 1. The summed E-state index contributed by atoms with van der Waals surface area (Å²) in [4.78, 5) is 12.2. The summed E-state index contributed by atoms with van der Waals surface area (Å²) in [7, 11) is 0. The summed E-state index contributed by atoms with van der Waals surface area (Å²) < 4.78 is 0. The number of rotatable bonds is 6. The molecule has 0 aliphatic heterocycles. The molecule has 2 aromatic rings. The van der Waals surface area contributed by atoms with Gasteiger partial charge in [0.05, 0.1) is 18.5 Å². The van der Waals surface area contributed by atoms with Crippen molar-refractivity contribution >= 4 is 23.5 Å². The highest BCUT2D eigenvalue weighted by Crippen LogP contribution is 2.17. The Morgan fingerprint density at radius 3 is 2.48 bits per heavy atom. The highest BCUT2D eigenvalue weighted by molar-refractivity contribution is 7.98.